The minimum Gasteiger partial charge on any atom is -0.374 e. The van der Waals surface area contributed by atoms with Crippen LogP contribution in [0.3, 0.4) is 0 Å². The van der Waals surface area contributed by atoms with E-state index < -0.39 is 0 Å². The molecule has 130 valence electrons. The first-order valence-corrected chi connectivity index (χ1v) is 8.95. The number of morpholine rings is 1. The van der Waals surface area contributed by atoms with Crippen LogP contribution in [0.25, 0.3) is 11.3 Å². The first-order chi connectivity index (χ1) is 12.2. The number of ether oxygens (including phenoxy) is 1. The molecule has 2 aromatic rings. The van der Waals surface area contributed by atoms with Gasteiger partial charge < -0.3 is 14.6 Å². The predicted molar refractivity (Wildman–Crippen MR) is 95.5 cm³/mol. The van der Waals surface area contributed by atoms with E-state index in [-0.39, 0.29) is 29.2 Å². The number of amides is 1. The van der Waals surface area contributed by atoms with Crippen LogP contribution in [-0.4, -0.2) is 41.1 Å². The highest BCUT2D eigenvalue weighted by Crippen LogP contribution is 2.29. The number of carbonyl (C=O) groups excluding carboxylic acids is 1. The Labute approximate surface area is 146 Å². The van der Waals surface area contributed by atoms with Crippen molar-refractivity contribution in [2.24, 2.45) is 0 Å². The Hall–Kier alpha value is -2.40. The molecule has 25 heavy (non-hydrogen) atoms. The van der Waals surface area contributed by atoms with Crippen LogP contribution in [0.15, 0.2) is 47.3 Å². The lowest BCUT2D eigenvalue weighted by Gasteiger charge is -2.43. The molecule has 1 saturated heterocycles. The highest BCUT2D eigenvalue weighted by atomic mass is 16.5. The summed E-state index contributed by atoms with van der Waals surface area (Å²) in [5.41, 5.74) is 1.54. The van der Waals surface area contributed by atoms with Crippen LogP contribution in [0.1, 0.15) is 36.0 Å². The van der Waals surface area contributed by atoms with Gasteiger partial charge in [-0.05, 0) is 30.5 Å². The van der Waals surface area contributed by atoms with E-state index in [4.69, 9.17) is 4.74 Å². The van der Waals surface area contributed by atoms with E-state index in [0.29, 0.717) is 13.2 Å². The average Bonchev–Trinajstić information content (AvgIpc) is 2.67. The predicted octanol–water partition coefficient (Wildman–Crippen LogP) is 2.83. The Bertz CT molecular complexity index is 813. The number of nitrogens with one attached hydrogen (secondary N) is 1. The Morgan fingerprint density at radius 2 is 1.88 bits per heavy atom. The van der Waals surface area contributed by atoms with Crippen molar-refractivity contribution in [3.63, 3.8) is 0 Å². The molecule has 5 heteroatoms. The third-order valence-electron chi connectivity index (χ3n) is 5.22. The molecular formula is C20H22N2O3. The maximum atomic E-state index is 13.0. The van der Waals surface area contributed by atoms with Gasteiger partial charge in [0.15, 0.2) is 0 Å². The van der Waals surface area contributed by atoms with Gasteiger partial charge in [-0.25, -0.2) is 0 Å². The summed E-state index contributed by atoms with van der Waals surface area (Å²) in [5, 5.41) is 0. The van der Waals surface area contributed by atoms with Gasteiger partial charge >= 0.3 is 0 Å². The maximum absolute atomic E-state index is 13.0. The molecule has 2 aliphatic rings. The van der Waals surface area contributed by atoms with Crippen molar-refractivity contribution >= 4 is 5.91 Å². The van der Waals surface area contributed by atoms with Crippen molar-refractivity contribution in [3.8, 4) is 11.3 Å². The highest BCUT2D eigenvalue weighted by Gasteiger charge is 2.37. The monoisotopic (exact) mass is 338 g/mol. The number of rotatable bonds is 2. The summed E-state index contributed by atoms with van der Waals surface area (Å²) in [6.07, 6.45) is 4.33. The fourth-order valence-corrected chi connectivity index (χ4v) is 3.93. The van der Waals surface area contributed by atoms with E-state index >= 15 is 0 Å². The molecule has 0 radical (unpaired) electrons. The number of nitrogens with zero attached hydrogens (tertiary/aromatic N) is 1. The lowest BCUT2D eigenvalue weighted by molar-refractivity contribution is -0.0753. The van der Waals surface area contributed by atoms with Gasteiger partial charge in [-0.3, -0.25) is 9.59 Å². The molecule has 0 spiro atoms. The smallest absolute Gasteiger partial charge is 0.261 e. The second-order valence-corrected chi connectivity index (χ2v) is 6.74. The number of aromatic amines is 1. The quantitative estimate of drug-likeness (QED) is 0.916. The fraction of sp³-hybridized carbons (Fsp3) is 0.400. The number of carbonyl (C=O) groups is 1. The standard InChI is InChI=1S/C20H22N2O3/c23-19-15(10-11-16(21-19)14-6-2-1-3-7-14)20(24)22-12-13-25-18-9-5-4-8-17(18)22/h1-3,6-7,10-11,17-18H,4-5,8-9,12-13H2,(H,21,23)/t17-,18-/m1/s1. The normalized spacial score (nSPS) is 23.1. The molecule has 4 rings (SSSR count). The van der Waals surface area contributed by atoms with Crippen LogP contribution in [0.5, 0.6) is 0 Å². The van der Waals surface area contributed by atoms with E-state index in [1.54, 1.807) is 6.07 Å². The lowest BCUT2D eigenvalue weighted by Crippen LogP contribution is -2.55. The first-order valence-electron chi connectivity index (χ1n) is 8.95. The van der Waals surface area contributed by atoms with Crippen LogP contribution in [0.4, 0.5) is 0 Å². The van der Waals surface area contributed by atoms with Gasteiger partial charge in [0, 0.05) is 12.2 Å². The van der Waals surface area contributed by atoms with Crippen LogP contribution >= 0.6 is 0 Å². The SMILES string of the molecule is O=C(c1ccc(-c2ccccc2)[nH]c1=O)N1CCO[C@@H]2CCCC[C@H]21. The Kier molecular flexibility index (Phi) is 4.40. The van der Waals surface area contributed by atoms with Crippen LogP contribution in [0.2, 0.25) is 0 Å². The molecule has 5 nitrogen and oxygen atoms in total. The van der Waals surface area contributed by atoms with Gasteiger partial charge in [-0.2, -0.15) is 0 Å². The number of hydrogen-bond donors (Lipinski definition) is 1. The van der Waals surface area contributed by atoms with Crippen LogP contribution < -0.4 is 5.56 Å². The topological polar surface area (TPSA) is 62.4 Å². The van der Waals surface area contributed by atoms with E-state index in [1.165, 1.54) is 0 Å². The van der Waals surface area contributed by atoms with E-state index in [9.17, 15) is 9.59 Å². The number of pyridine rings is 1. The zero-order valence-electron chi connectivity index (χ0n) is 14.1. The molecule has 1 aliphatic carbocycles. The number of hydrogen-bond acceptors (Lipinski definition) is 3. The molecule has 2 fully saturated rings. The summed E-state index contributed by atoms with van der Waals surface area (Å²) in [7, 11) is 0. The Balaban J connectivity index is 1.61. The molecule has 1 aromatic heterocycles. The minimum atomic E-state index is -0.329. The first kappa shape index (κ1) is 16.1. The van der Waals surface area contributed by atoms with Crippen LogP contribution in [-0.2, 0) is 4.74 Å². The van der Waals surface area contributed by atoms with E-state index in [0.717, 1.165) is 36.9 Å². The summed E-state index contributed by atoms with van der Waals surface area (Å²) in [4.78, 5) is 30.2. The Morgan fingerprint density at radius 1 is 1.08 bits per heavy atom. The summed E-state index contributed by atoms with van der Waals surface area (Å²) in [6, 6.07) is 13.2. The summed E-state index contributed by atoms with van der Waals surface area (Å²) in [6.45, 7) is 1.10. The zero-order valence-corrected chi connectivity index (χ0v) is 14.1. The molecule has 1 aromatic carbocycles. The molecule has 1 saturated carbocycles. The summed E-state index contributed by atoms with van der Waals surface area (Å²) < 4.78 is 5.83. The molecule has 0 bridgehead atoms. The number of H-pyrrole nitrogens is 1. The van der Waals surface area contributed by atoms with Crippen molar-refractivity contribution < 1.29 is 9.53 Å². The second-order valence-electron chi connectivity index (χ2n) is 6.74. The molecule has 2 heterocycles. The van der Waals surface area contributed by atoms with Crippen molar-refractivity contribution in [2.75, 3.05) is 13.2 Å². The van der Waals surface area contributed by atoms with Gasteiger partial charge in [0.2, 0.25) is 0 Å². The third-order valence-corrected chi connectivity index (χ3v) is 5.22. The number of benzene rings is 1. The van der Waals surface area contributed by atoms with Crippen molar-refractivity contribution in [1.29, 1.82) is 0 Å². The molecule has 1 amide bonds. The fourth-order valence-electron chi connectivity index (χ4n) is 3.93. The van der Waals surface area contributed by atoms with Gasteiger partial charge in [-0.15, -0.1) is 0 Å². The van der Waals surface area contributed by atoms with Crippen molar-refractivity contribution in [1.82, 2.24) is 9.88 Å². The Morgan fingerprint density at radius 3 is 2.68 bits per heavy atom. The molecular weight excluding hydrogens is 316 g/mol. The number of fused-ring (bicyclic) bond motifs is 1. The van der Waals surface area contributed by atoms with Gasteiger partial charge in [0.05, 0.1) is 18.8 Å². The van der Waals surface area contributed by atoms with Gasteiger partial charge in [0.1, 0.15) is 5.56 Å². The van der Waals surface area contributed by atoms with Crippen molar-refractivity contribution in [2.45, 2.75) is 37.8 Å². The van der Waals surface area contributed by atoms with E-state index in [1.807, 2.05) is 41.3 Å². The summed E-state index contributed by atoms with van der Waals surface area (Å²) in [5.74, 6) is -0.180. The van der Waals surface area contributed by atoms with Gasteiger partial charge in [-0.1, -0.05) is 43.2 Å². The molecule has 1 N–H and O–H groups in total. The maximum Gasteiger partial charge on any atom is 0.261 e. The molecule has 2 atom stereocenters. The molecule has 0 unspecified atom stereocenters. The largest absolute Gasteiger partial charge is 0.374 e. The van der Waals surface area contributed by atoms with Crippen molar-refractivity contribution in [3.05, 3.63) is 58.4 Å². The van der Waals surface area contributed by atoms with Gasteiger partial charge in [0.25, 0.3) is 11.5 Å². The number of aromatic nitrogens is 1. The lowest BCUT2D eigenvalue weighted by atomic mass is 9.90. The minimum absolute atomic E-state index is 0.100. The average molecular weight is 338 g/mol. The van der Waals surface area contributed by atoms with Crippen LogP contribution in [0, 0.1) is 0 Å². The summed E-state index contributed by atoms with van der Waals surface area (Å²) >= 11 is 0. The highest BCUT2D eigenvalue weighted by molar-refractivity contribution is 5.94. The second kappa shape index (κ2) is 6.84. The van der Waals surface area contributed by atoms with E-state index in [2.05, 4.69) is 4.98 Å². The zero-order chi connectivity index (χ0) is 17.2. The third kappa shape index (κ3) is 3.12. The molecule has 1 aliphatic heterocycles.